The number of rotatable bonds is 36. The minimum atomic E-state index is 0.574. The van der Waals surface area contributed by atoms with Crippen molar-refractivity contribution in [2.45, 2.75) is 259 Å². The predicted octanol–water partition coefficient (Wildman–Crippen LogP) is 16.1. The van der Waals surface area contributed by atoms with E-state index in [0.29, 0.717) is 5.41 Å². The fourth-order valence-corrected chi connectivity index (χ4v) is 6.78. The summed E-state index contributed by atoms with van der Waals surface area (Å²) in [4.78, 5) is 0. The van der Waals surface area contributed by atoms with Crippen LogP contribution in [0.4, 0.5) is 0 Å². The Morgan fingerprint density at radius 3 is 0.537 bits per heavy atom. The van der Waals surface area contributed by atoms with Gasteiger partial charge in [-0.1, -0.05) is 246 Å². The predicted molar refractivity (Wildman–Crippen MR) is 191 cm³/mol. The Hall–Kier alpha value is 0. The Morgan fingerprint density at radius 2 is 0.366 bits per heavy atom. The SMILES string of the molecule is CCCCCCCCCCCCCCCCCCCC(C)(C)CCCCCCCCCCCCCCCCCCC. The third kappa shape index (κ3) is 36.1. The average Bonchev–Trinajstić information content (AvgIpc) is 2.96. The van der Waals surface area contributed by atoms with Crippen molar-refractivity contribution in [1.82, 2.24) is 0 Å². The third-order valence-corrected chi connectivity index (χ3v) is 9.91. The molecule has 0 nitrogen and oxygen atoms in total. The first-order chi connectivity index (χ1) is 20.1. The van der Waals surface area contributed by atoms with E-state index in [4.69, 9.17) is 0 Å². The lowest BCUT2D eigenvalue weighted by atomic mass is 9.81. The van der Waals surface area contributed by atoms with E-state index in [0.717, 1.165) is 0 Å². The molecule has 0 heterocycles. The first-order valence-corrected chi connectivity index (χ1v) is 20.1. The average molecular weight is 577 g/mol. The number of hydrogen-bond donors (Lipinski definition) is 0. The lowest BCUT2D eigenvalue weighted by Crippen LogP contribution is -2.11. The van der Waals surface area contributed by atoms with E-state index in [1.807, 2.05) is 0 Å². The zero-order valence-corrected chi connectivity index (χ0v) is 30.0. The van der Waals surface area contributed by atoms with E-state index in [9.17, 15) is 0 Å². The number of hydrogen-bond acceptors (Lipinski definition) is 0. The highest BCUT2D eigenvalue weighted by atomic mass is 14.2. The molecule has 0 saturated heterocycles. The van der Waals surface area contributed by atoms with Crippen LogP contribution in [0.3, 0.4) is 0 Å². The molecule has 0 aliphatic rings. The summed E-state index contributed by atoms with van der Waals surface area (Å²) in [5.41, 5.74) is 0.574. The first kappa shape index (κ1) is 41.0. The van der Waals surface area contributed by atoms with Crippen LogP contribution in [0.15, 0.2) is 0 Å². The van der Waals surface area contributed by atoms with E-state index in [-0.39, 0.29) is 0 Å². The summed E-state index contributed by atoms with van der Waals surface area (Å²) in [5.74, 6) is 0. The molecule has 0 unspecified atom stereocenters. The first-order valence-electron chi connectivity index (χ1n) is 20.1. The standard InChI is InChI=1S/C41H84/c1-5-7-9-11-13-15-17-19-21-23-25-27-29-31-33-35-37-39-41(3,4)40-38-36-34-32-30-28-26-24-22-20-18-16-14-12-10-8-6-2/h5-40H2,1-4H3. The molecule has 0 aromatic heterocycles. The monoisotopic (exact) mass is 577 g/mol. The van der Waals surface area contributed by atoms with E-state index in [2.05, 4.69) is 27.7 Å². The van der Waals surface area contributed by atoms with Crippen LogP contribution < -0.4 is 0 Å². The summed E-state index contributed by atoms with van der Waals surface area (Å²) >= 11 is 0. The van der Waals surface area contributed by atoms with Crippen LogP contribution in [0, 0.1) is 5.41 Å². The van der Waals surface area contributed by atoms with Crippen molar-refractivity contribution < 1.29 is 0 Å². The lowest BCUT2D eigenvalue weighted by molar-refractivity contribution is 0.282. The van der Waals surface area contributed by atoms with Crippen molar-refractivity contribution in [1.29, 1.82) is 0 Å². The molecule has 0 aromatic rings. The zero-order chi connectivity index (χ0) is 30.0. The summed E-state index contributed by atoms with van der Waals surface area (Å²) in [6, 6.07) is 0. The highest BCUT2D eigenvalue weighted by Gasteiger charge is 2.16. The fourth-order valence-electron chi connectivity index (χ4n) is 6.78. The summed E-state index contributed by atoms with van der Waals surface area (Å²) in [5, 5.41) is 0. The molecular weight excluding hydrogens is 492 g/mol. The van der Waals surface area contributed by atoms with Gasteiger partial charge >= 0.3 is 0 Å². The summed E-state index contributed by atoms with van der Waals surface area (Å²) in [6.07, 6.45) is 53.0. The van der Waals surface area contributed by atoms with Crippen molar-refractivity contribution in [2.24, 2.45) is 5.41 Å². The van der Waals surface area contributed by atoms with Crippen molar-refractivity contribution in [3.63, 3.8) is 0 Å². The van der Waals surface area contributed by atoms with Crippen molar-refractivity contribution in [3.05, 3.63) is 0 Å². The molecule has 0 aromatic carbocycles. The van der Waals surface area contributed by atoms with Gasteiger partial charge in [0.05, 0.1) is 0 Å². The maximum atomic E-state index is 2.53. The van der Waals surface area contributed by atoms with Crippen LogP contribution in [-0.4, -0.2) is 0 Å². The Balaban J connectivity index is 3.26. The summed E-state index contributed by atoms with van der Waals surface area (Å²) in [7, 11) is 0. The molecule has 41 heavy (non-hydrogen) atoms. The highest BCUT2D eigenvalue weighted by molar-refractivity contribution is 4.69. The molecule has 248 valence electrons. The minimum Gasteiger partial charge on any atom is -0.0654 e. The van der Waals surface area contributed by atoms with E-state index in [1.54, 1.807) is 0 Å². The third-order valence-electron chi connectivity index (χ3n) is 9.91. The summed E-state index contributed by atoms with van der Waals surface area (Å²) in [6.45, 7) is 9.69. The molecule has 0 spiro atoms. The Bertz CT molecular complexity index is 409. The highest BCUT2D eigenvalue weighted by Crippen LogP contribution is 2.30. The van der Waals surface area contributed by atoms with Gasteiger partial charge in [0, 0.05) is 0 Å². The maximum absolute atomic E-state index is 2.53. The van der Waals surface area contributed by atoms with Crippen molar-refractivity contribution >= 4 is 0 Å². The fraction of sp³-hybridized carbons (Fsp3) is 1.00. The van der Waals surface area contributed by atoms with E-state index in [1.165, 1.54) is 231 Å². The smallest absolute Gasteiger partial charge is 0.0354 e. The molecular formula is C41H84. The molecule has 0 aliphatic carbocycles. The Labute approximate surface area is 263 Å². The van der Waals surface area contributed by atoms with Gasteiger partial charge in [-0.2, -0.15) is 0 Å². The number of unbranched alkanes of at least 4 members (excludes halogenated alkanes) is 32. The molecule has 0 fully saturated rings. The van der Waals surface area contributed by atoms with Gasteiger partial charge in [0.2, 0.25) is 0 Å². The van der Waals surface area contributed by atoms with Crippen LogP contribution >= 0.6 is 0 Å². The molecule has 0 rings (SSSR count). The van der Waals surface area contributed by atoms with Crippen LogP contribution in [-0.2, 0) is 0 Å². The zero-order valence-electron chi connectivity index (χ0n) is 30.0. The Morgan fingerprint density at radius 1 is 0.220 bits per heavy atom. The van der Waals surface area contributed by atoms with E-state index >= 15 is 0 Å². The van der Waals surface area contributed by atoms with Crippen LogP contribution in [0.5, 0.6) is 0 Å². The van der Waals surface area contributed by atoms with Crippen LogP contribution in [0.2, 0.25) is 0 Å². The Kier molecular flexibility index (Phi) is 34.5. The molecule has 0 heteroatoms. The van der Waals surface area contributed by atoms with Gasteiger partial charge in [0.25, 0.3) is 0 Å². The summed E-state index contributed by atoms with van der Waals surface area (Å²) < 4.78 is 0. The lowest BCUT2D eigenvalue weighted by Gasteiger charge is -2.24. The quantitative estimate of drug-likeness (QED) is 0.0651. The largest absolute Gasteiger partial charge is 0.0654 e. The van der Waals surface area contributed by atoms with Crippen LogP contribution in [0.1, 0.15) is 259 Å². The second-order valence-corrected chi connectivity index (χ2v) is 15.0. The molecule has 0 aliphatic heterocycles. The van der Waals surface area contributed by atoms with Crippen LogP contribution in [0.25, 0.3) is 0 Å². The van der Waals surface area contributed by atoms with Gasteiger partial charge in [-0.15, -0.1) is 0 Å². The molecule has 0 saturated carbocycles. The van der Waals surface area contributed by atoms with Crippen molar-refractivity contribution in [3.8, 4) is 0 Å². The molecule has 0 bridgehead atoms. The second kappa shape index (κ2) is 34.5. The van der Waals surface area contributed by atoms with Gasteiger partial charge in [-0.3, -0.25) is 0 Å². The minimum absolute atomic E-state index is 0.574. The van der Waals surface area contributed by atoms with Crippen molar-refractivity contribution in [2.75, 3.05) is 0 Å². The van der Waals surface area contributed by atoms with Gasteiger partial charge in [-0.05, 0) is 18.3 Å². The topological polar surface area (TPSA) is 0 Å². The van der Waals surface area contributed by atoms with Gasteiger partial charge in [0.15, 0.2) is 0 Å². The van der Waals surface area contributed by atoms with Gasteiger partial charge < -0.3 is 0 Å². The van der Waals surface area contributed by atoms with Gasteiger partial charge in [0.1, 0.15) is 0 Å². The second-order valence-electron chi connectivity index (χ2n) is 15.0. The molecule has 0 atom stereocenters. The van der Waals surface area contributed by atoms with Gasteiger partial charge in [-0.25, -0.2) is 0 Å². The molecule has 0 radical (unpaired) electrons. The maximum Gasteiger partial charge on any atom is -0.0354 e. The molecule has 0 amide bonds. The molecule has 0 N–H and O–H groups in total. The van der Waals surface area contributed by atoms with E-state index < -0.39 is 0 Å². The normalized spacial score (nSPS) is 12.0.